The van der Waals surface area contributed by atoms with E-state index in [9.17, 15) is 5.11 Å². The molecule has 0 amide bonds. The quantitative estimate of drug-likeness (QED) is 0.467. The average Bonchev–Trinajstić information content (AvgIpc) is 2.50. The summed E-state index contributed by atoms with van der Waals surface area (Å²) < 4.78 is 10.8. The molecule has 112 valence electrons. The zero-order chi connectivity index (χ0) is 15.1. The number of hydrogen-bond acceptors (Lipinski definition) is 4. The minimum absolute atomic E-state index is 0.331. The standard InChI is InChI=1S/C17H21NO3/c1-13-11-15(7-8-16(13)18)17(19)21-10-9-20-12-14-5-3-2-4-6-14/h2-8,11,17,19H,9-10,12,18H2,1H3. The van der Waals surface area contributed by atoms with Crippen LogP contribution in [0.15, 0.2) is 48.5 Å². The fourth-order valence-electron chi connectivity index (χ4n) is 1.93. The lowest BCUT2D eigenvalue weighted by atomic mass is 10.1. The van der Waals surface area contributed by atoms with Crippen LogP contribution in [0.2, 0.25) is 0 Å². The molecule has 1 unspecified atom stereocenters. The highest BCUT2D eigenvalue weighted by molar-refractivity contribution is 5.47. The molecule has 1 atom stereocenters. The Morgan fingerprint density at radius 1 is 1.10 bits per heavy atom. The molecule has 0 aliphatic carbocycles. The van der Waals surface area contributed by atoms with Crippen molar-refractivity contribution in [2.75, 3.05) is 18.9 Å². The lowest BCUT2D eigenvalue weighted by molar-refractivity contribution is -0.116. The molecular formula is C17H21NO3. The third-order valence-corrected chi connectivity index (χ3v) is 3.19. The molecule has 4 nitrogen and oxygen atoms in total. The molecule has 0 fully saturated rings. The molecule has 0 aliphatic rings. The van der Waals surface area contributed by atoms with Crippen LogP contribution in [-0.2, 0) is 16.1 Å². The van der Waals surface area contributed by atoms with Crippen LogP contribution < -0.4 is 5.73 Å². The maximum atomic E-state index is 9.93. The van der Waals surface area contributed by atoms with Gasteiger partial charge in [0, 0.05) is 11.3 Å². The van der Waals surface area contributed by atoms with Gasteiger partial charge < -0.3 is 20.3 Å². The predicted octanol–water partition coefficient (Wildman–Crippen LogP) is 2.80. The summed E-state index contributed by atoms with van der Waals surface area (Å²) in [6, 6.07) is 15.3. The van der Waals surface area contributed by atoms with Gasteiger partial charge in [-0.1, -0.05) is 36.4 Å². The number of rotatable bonds is 7. The second-order valence-corrected chi connectivity index (χ2v) is 4.88. The molecule has 0 saturated heterocycles. The molecule has 21 heavy (non-hydrogen) atoms. The number of anilines is 1. The molecule has 0 radical (unpaired) electrons. The third-order valence-electron chi connectivity index (χ3n) is 3.19. The number of nitrogen functional groups attached to an aromatic ring is 1. The fourth-order valence-corrected chi connectivity index (χ4v) is 1.93. The van der Waals surface area contributed by atoms with E-state index in [-0.39, 0.29) is 0 Å². The van der Waals surface area contributed by atoms with E-state index in [2.05, 4.69) is 0 Å². The van der Waals surface area contributed by atoms with Crippen molar-refractivity contribution >= 4 is 5.69 Å². The summed E-state index contributed by atoms with van der Waals surface area (Å²) in [6.07, 6.45) is -0.954. The zero-order valence-electron chi connectivity index (χ0n) is 12.2. The first-order valence-corrected chi connectivity index (χ1v) is 6.94. The van der Waals surface area contributed by atoms with Crippen molar-refractivity contribution in [3.8, 4) is 0 Å². The summed E-state index contributed by atoms with van der Waals surface area (Å²) in [7, 11) is 0. The molecule has 2 aromatic carbocycles. The molecule has 0 spiro atoms. The van der Waals surface area contributed by atoms with Gasteiger partial charge in [0.2, 0.25) is 0 Å². The number of aliphatic hydroxyl groups excluding tert-OH is 1. The van der Waals surface area contributed by atoms with E-state index >= 15 is 0 Å². The van der Waals surface area contributed by atoms with Crippen LogP contribution in [0.25, 0.3) is 0 Å². The van der Waals surface area contributed by atoms with Crippen LogP contribution in [0.4, 0.5) is 5.69 Å². The van der Waals surface area contributed by atoms with Gasteiger partial charge in [0.15, 0.2) is 6.29 Å². The van der Waals surface area contributed by atoms with Crippen molar-refractivity contribution in [3.63, 3.8) is 0 Å². The second-order valence-electron chi connectivity index (χ2n) is 4.88. The Bertz CT molecular complexity index is 557. The molecule has 2 rings (SSSR count). The summed E-state index contributed by atoms with van der Waals surface area (Å²) in [5.74, 6) is 0. The van der Waals surface area contributed by atoms with Gasteiger partial charge in [-0.15, -0.1) is 0 Å². The van der Waals surface area contributed by atoms with Crippen molar-refractivity contribution in [1.82, 2.24) is 0 Å². The first kappa shape index (κ1) is 15.5. The molecule has 3 N–H and O–H groups in total. The van der Waals surface area contributed by atoms with E-state index in [0.717, 1.165) is 11.1 Å². The minimum atomic E-state index is -0.954. The van der Waals surface area contributed by atoms with E-state index in [1.807, 2.05) is 43.3 Å². The molecule has 2 aromatic rings. The van der Waals surface area contributed by atoms with Crippen molar-refractivity contribution in [2.24, 2.45) is 0 Å². The Morgan fingerprint density at radius 3 is 2.57 bits per heavy atom. The van der Waals surface area contributed by atoms with Gasteiger partial charge in [-0.05, 0) is 30.2 Å². The monoisotopic (exact) mass is 287 g/mol. The maximum absolute atomic E-state index is 9.93. The van der Waals surface area contributed by atoms with E-state index < -0.39 is 6.29 Å². The van der Waals surface area contributed by atoms with Crippen LogP contribution in [0.1, 0.15) is 23.0 Å². The van der Waals surface area contributed by atoms with Crippen LogP contribution in [-0.4, -0.2) is 18.3 Å². The Kier molecular flexibility index (Phi) is 5.75. The summed E-state index contributed by atoms with van der Waals surface area (Å²) in [6.45, 7) is 3.20. The van der Waals surface area contributed by atoms with Gasteiger partial charge >= 0.3 is 0 Å². The second kappa shape index (κ2) is 7.78. The first-order chi connectivity index (χ1) is 10.2. The van der Waals surface area contributed by atoms with Crippen molar-refractivity contribution in [2.45, 2.75) is 19.8 Å². The maximum Gasteiger partial charge on any atom is 0.181 e. The lowest BCUT2D eigenvalue weighted by Crippen LogP contribution is -2.10. The van der Waals surface area contributed by atoms with Crippen LogP contribution >= 0.6 is 0 Å². The average molecular weight is 287 g/mol. The van der Waals surface area contributed by atoms with Gasteiger partial charge in [0.25, 0.3) is 0 Å². The van der Waals surface area contributed by atoms with E-state index in [1.54, 1.807) is 12.1 Å². The summed E-state index contributed by atoms with van der Waals surface area (Å²) in [4.78, 5) is 0. The van der Waals surface area contributed by atoms with E-state index in [1.165, 1.54) is 0 Å². The topological polar surface area (TPSA) is 64.7 Å². The summed E-state index contributed by atoms with van der Waals surface area (Å²) >= 11 is 0. The van der Waals surface area contributed by atoms with Crippen molar-refractivity contribution in [3.05, 3.63) is 65.2 Å². The molecule has 0 saturated carbocycles. The number of hydrogen-bond donors (Lipinski definition) is 2. The van der Waals surface area contributed by atoms with Gasteiger partial charge in [0.1, 0.15) is 0 Å². The SMILES string of the molecule is Cc1cc(C(O)OCCOCc2ccccc2)ccc1N. The first-order valence-electron chi connectivity index (χ1n) is 6.94. The van der Waals surface area contributed by atoms with Gasteiger partial charge in [-0.3, -0.25) is 0 Å². The van der Waals surface area contributed by atoms with E-state index in [4.69, 9.17) is 15.2 Å². The molecule has 4 heteroatoms. The normalized spacial score (nSPS) is 12.3. The Morgan fingerprint density at radius 2 is 1.86 bits per heavy atom. The summed E-state index contributed by atoms with van der Waals surface area (Å²) in [5, 5.41) is 9.93. The third kappa shape index (κ3) is 4.86. The zero-order valence-corrected chi connectivity index (χ0v) is 12.2. The van der Waals surface area contributed by atoms with Gasteiger partial charge in [-0.25, -0.2) is 0 Å². The summed E-state index contributed by atoms with van der Waals surface area (Å²) in [5.41, 5.74) is 9.19. The van der Waals surface area contributed by atoms with E-state index in [0.29, 0.717) is 31.1 Å². The lowest BCUT2D eigenvalue weighted by Gasteiger charge is -2.14. The van der Waals surface area contributed by atoms with Crippen molar-refractivity contribution < 1.29 is 14.6 Å². The largest absolute Gasteiger partial charge is 0.399 e. The highest BCUT2D eigenvalue weighted by Crippen LogP contribution is 2.19. The van der Waals surface area contributed by atoms with Crippen LogP contribution in [0.5, 0.6) is 0 Å². The van der Waals surface area contributed by atoms with Gasteiger partial charge in [-0.2, -0.15) is 0 Å². The Balaban J connectivity index is 1.69. The fraction of sp³-hybridized carbons (Fsp3) is 0.294. The highest BCUT2D eigenvalue weighted by atomic mass is 16.6. The number of benzene rings is 2. The number of nitrogens with two attached hydrogens (primary N) is 1. The molecule has 0 aliphatic heterocycles. The van der Waals surface area contributed by atoms with Crippen LogP contribution in [0.3, 0.4) is 0 Å². The van der Waals surface area contributed by atoms with Gasteiger partial charge in [0.05, 0.1) is 19.8 Å². The Hall–Kier alpha value is -1.88. The Labute approximate surface area is 125 Å². The van der Waals surface area contributed by atoms with Crippen LogP contribution in [0, 0.1) is 6.92 Å². The predicted molar refractivity (Wildman–Crippen MR) is 82.6 cm³/mol. The number of ether oxygens (including phenoxy) is 2. The number of aryl methyl sites for hydroxylation is 1. The molecular weight excluding hydrogens is 266 g/mol. The molecule has 0 aromatic heterocycles. The smallest absolute Gasteiger partial charge is 0.181 e. The number of aliphatic hydroxyl groups is 1. The minimum Gasteiger partial charge on any atom is -0.399 e. The van der Waals surface area contributed by atoms with Crippen molar-refractivity contribution in [1.29, 1.82) is 0 Å². The highest BCUT2D eigenvalue weighted by Gasteiger charge is 2.08. The molecule has 0 bridgehead atoms. The molecule has 0 heterocycles.